The van der Waals surface area contributed by atoms with Crippen molar-refractivity contribution in [2.75, 3.05) is 19.8 Å². The number of aliphatic hydroxyl groups is 1. The molecule has 88 valence electrons. The number of hydrogen-bond acceptors (Lipinski definition) is 4. The van der Waals surface area contributed by atoms with E-state index in [9.17, 15) is 4.79 Å². The van der Waals surface area contributed by atoms with Crippen LogP contribution in [0.25, 0.3) is 0 Å². The first-order valence-electron chi connectivity index (χ1n) is 5.29. The third kappa shape index (κ3) is 7.11. The second-order valence-electron chi connectivity index (χ2n) is 3.60. The highest BCUT2D eigenvalue weighted by atomic mass is 16.5. The molecule has 0 aliphatic heterocycles. The predicted molar refractivity (Wildman–Crippen MR) is 59.5 cm³/mol. The maximum atomic E-state index is 10.9. The van der Waals surface area contributed by atoms with Crippen molar-refractivity contribution < 1.29 is 14.6 Å². The van der Waals surface area contributed by atoms with Gasteiger partial charge in [0.15, 0.2) is 0 Å². The molecule has 4 heteroatoms. The largest absolute Gasteiger partial charge is 0.463 e. The Morgan fingerprint density at radius 3 is 2.67 bits per heavy atom. The number of rotatable bonds is 7. The maximum absolute atomic E-state index is 10.9. The van der Waals surface area contributed by atoms with Gasteiger partial charge in [0.1, 0.15) is 0 Å². The van der Waals surface area contributed by atoms with Crippen LogP contribution in [0.5, 0.6) is 0 Å². The van der Waals surface area contributed by atoms with E-state index in [1.807, 2.05) is 13.8 Å². The fraction of sp³-hybridized carbons (Fsp3) is 0.727. The minimum Gasteiger partial charge on any atom is -0.463 e. The molecule has 0 bridgehead atoms. The summed E-state index contributed by atoms with van der Waals surface area (Å²) in [6.07, 6.45) is 3.09. The fourth-order valence-electron chi connectivity index (χ4n) is 1.08. The van der Waals surface area contributed by atoms with Crippen LogP contribution in [0.15, 0.2) is 12.2 Å². The highest BCUT2D eigenvalue weighted by molar-refractivity contribution is 5.81. The van der Waals surface area contributed by atoms with E-state index in [-0.39, 0.29) is 18.6 Å². The second-order valence-corrected chi connectivity index (χ2v) is 3.60. The molecular weight excluding hydrogens is 194 g/mol. The molecule has 0 aromatic carbocycles. The minimum atomic E-state index is -0.329. The first-order valence-corrected chi connectivity index (χ1v) is 5.29. The molecular formula is C11H21NO3. The van der Waals surface area contributed by atoms with Gasteiger partial charge in [-0.25, -0.2) is 4.79 Å². The minimum absolute atomic E-state index is 0.0665. The zero-order chi connectivity index (χ0) is 11.7. The van der Waals surface area contributed by atoms with Crippen molar-refractivity contribution in [3.8, 4) is 0 Å². The van der Waals surface area contributed by atoms with Crippen molar-refractivity contribution in [2.24, 2.45) is 5.92 Å². The number of ether oxygens (including phenoxy) is 1. The molecule has 0 amide bonds. The third-order valence-corrected chi connectivity index (χ3v) is 2.04. The lowest BCUT2D eigenvalue weighted by Gasteiger charge is -2.18. The highest BCUT2D eigenvalue weighted by Crippen LogP contribution is 1.99. The van der Waals surface area contributed by atoms with Crippen molar-refractivity contribution >= 4 is 5.97 Å². The summed E-state index contributed by atoms with van der Waals surface area (Å²) in [6.45, 7) is 6.88. The number of hydrogen-bond donors (Lipinski definition) is 2. The smallest absolute Gasteiger partial charge is 0.330 e. The van der Waals surface area contributed by atoms with Gasteiger partial charge in [-0.1, -0.05) is 19.9 Å². The quantitative estimate of drug-likeness (QED) is 0.485. The predicted octanol–water partition coefficient (Wildman–Crippen LogP) is 0.712. The molecule has 0 unspecified atom stereocenters. The van der Waals surface area contributed by atoms with Crippen LogP contribution in [-0.4, -0.2) is 36.9 Å². The van der Waals surface area contributed by atoms with Crippen LogP contribution in [0.4, 0.5) is 0 Å². The van der Waals surface area contributed by atoms with Crippen molar-refractivity contribution in [3.05, 3.63) is 12.2 Å². The average molecular weight is 215 g/mol. The number of carbonyl (C=O) groups is 1. The van der Waals surface area contributed by atoms with Crippen LogP contribution in [-0.2, 0) is 9.53 Å². The average Bonchev–Trinajstić information content (AvgIpc) is 2.17. The van der Waals surface area contributed by atoms with Crippen LogP contribution in [0.3, 0.4) is 0 Å². The molecule has 0 aromatic rings. The topological polar surface area (TPSA) is 58.6 Å². The lowest BCUT2D eigenvalue weighted by Crippen LogP contribution is -2.37. The molecule has 1 atom stereocenters. The van der Waals surface area contributed by atoms with E-state index < -0.39 is 0 Å². The molecule has 0 aromatic heterocycles. The Labute approximate surface area is 91.3 Å². The van der Waals surface area contributed by atoms with E-state index in [1.165, 1.54) is 6.08 Å². The Morgan fingerprint density at radius 2 is 2.20 bits per heavy atom. The molecule has 2 N–H and O–H groups in total. The lowest BCUT2D eigenvalue weighted by molar-refractivity contribution is -0.137. The zero-order valence-electron chi connectivity index (χ0n) is 9.69. The van der Waals surface area contributed by atoms with Gasteiger partial charge in [-0.05, 0) is 12.8 Å². The standard InChI is InChI=1S/C11H21NO3/c1-4-15-11(14)6-5-7-12-10(8-13)9(2)3/h5-6,9-10,12-13H,4,7-8H2,1-3H3/b6-5+/t10-/m1/s1. The van der Waals surface area contributed by atoms with Crippen molar-refractivity contribution in [2.45, 2.75) is 26.8 Å². The monoisotopic (exact) mass is 215 g/mol. The number of esters is 1. The van der Waals surface area contributed by atoms with Gasteiger partial charge in [0, 0.05) is 18.7 Å². The Morgan fingerprint density at radius 1 is 1.53 bits per heavy atom. The van der Waals surface area contributed by atoms with E-state index in [2.05, 4.69) is 5.32 Å². The van der Waals surface area contributed by atoms with Gasteiger partial charge in [-0.2, -0.15) is 0 Å². The zero-order valence-corrected chi connectivity index (χ0v) is 9.69. The molecule has 0 aliphatic rings. The molecule has 0 saturated carbocycles. The first-order chi connectivity index (χ1) is 7.11. The van der Waals surface area contributed by atoms with Crippen LogP contribution in [0.2, 0.25) is 0 Å². The van der Waals surface area contributed by atoms with E-state index >= 15 is 0 Å². The van der Waals surface area contributed by atoms with Crippen LogP contribution < -0.4 is 5.32 Å². The third-order valence-electron chi connectivity index (χ3n) is 2.04. The summed E-state index contributed by atoms with van der Waals surface area (Å²) >= 11 is 0. The summed E-state index contributed by atoms with van der Waals surface area (Å²) in [5.41, 5.74) is 0. The number of carbonyl (C=O) groups excluding carboxylic acids is 1. The van der Waals surface area contributed by atoms with Crippen molar-refractivity contribution in [1.29, 1.82) is 0 Å². The SMILES string of the molecule is CCOC(=O)/C=C/CN[C@H](CO)C(C)C. The van der Waals surface area contributed by atoms with Gasteiger partial charge in [-0.15, -0.1) is 0 Å². The fourth-order valence-corrected chi connectivity index (χ4v) is 1.08. The van der Waals surface area contributed by atoms with Gasteiger partial charge < -0.3 is 15.2 Å². The van der Waals surface area contributed by atoms with Crippen LogP contribution in [0.1, 0.15) is 20.8 Å². The van der Waals surface area contributed by atoms with Gasteiger partial charge in [0.2, 0.25) is 0 Å². The van der Waals surface area contributed by atoms with E-state index in [1.54, 1.807) is 13.0 Å². The molecule has 4 nitrogen and oxygen atoms in total. The second kappa shape index (κ2) is 8.44. The van der Waals surface area contributed by atoms with Gasteiger partial charge in [0.25, 0.3) is 0 Å². The Balaban J connectivity index is 3.72. The first kappa shape index (κ1) is 14.1. The lowest BCUT2D eigenvalue weighted by atomic mass is 10.1. The van der Waals surface area contributed by atoms with Crippen molar-refractivity contribution in [3.63, 3.8) is 0 Å². The van der Waals surface area contributed by atoms with E-state index in [0.717, 1.165) is 0 Å². The summed E-state index contributed by atoms with van der Waals surface area (Å²) in [6, 6.07) is 0.0665. The van der Waals surface area contributed by atoms with Gasteiger partial charge >= 0.3 is 5.97 Å². The van der Waals surface area contributed by atoms with Gasteiger partial charge in [-0.3, -0.25) is 0 Å². The Hall–Kier alpha value is -0.870. The number of aliphatic hydroxyl groups excluding tert-OH is 1. The van der Waals surface area contributed by atoms with Gasteiger partial charge in [0.05, 0.1) is 13.2 Å². The summed E-state index contributed by atoms with van der Waals surface area (Å²) < 4.78 is 4.72. The number of nitrogens with one attached hydrogen (secondary N) is 1. The molecule has 0 spiro atoms. The van der Waals surface area contributed by atoms with Crippen LogP contribution in [0, 0.1) is 5.92 Å². The molecule has 15 heavy (non-hydrogen) atoms. The highest BCUT2D eigenvalue weighted by Gasteiger charge is 2.09. The van der Waals surface area contributed by atoms with E-state index in [0.29, 0.717) is 19.1 Å². The molecule has 0 fully saturated rings. The van der Waals surface area contributed by atoms with Crippen molar-refractivity contribution in [1.82, 2.24) is 5.32 Å². The molecule has 0 heterocycles. The summed E-state index contributed by atoms with van der Waals surface area (Å²) in [4.78, 5) is 10.9. The van der Waals surface area contributed by atoms with E-state index in [4.69, 9.17) is 9.84 Å². The molecule has 0 saturated heterocycles. The molecule has 0 aliphatic carbocycles. The summed E-state index contributed by atoms with van der Waals surface area (Å²) in [7, 11) is 0. The van der Waals surface area contributed by atoms with Crippen LogP contribution >= 0.6 is 0 Å². The Kier molecular flexibility index (Phi) is 7.95. The Bertz CT molecular complexity index is 202. The summed E-state index contributed by atoms with van der Waals surface area (Å²) in [5.74, 6) is 0.0374. The normalized spacial score (nSPS) is 13.4. The molecule has 0 radical (unpaired) electrons. The summed E-state index contributed by atoms with van der Waals surface area (Å²) in [5, 5.41) is 12.1. The molecule has 0 rings (SSSR count). The maximum Gasteiger partial charge on any atom is 0.330 e.